The molecular formula is C10H11N7S2. The number of hydrogen-bond donors (Lipinski definition) is 3. The van der Waals surface area contributed by atoms with Gasteiger partial charge < -0.3 is 0 Å². The molecule has 0 spiro atoms. The number of rotatable bonds is 4. The maximum Gasteiger partial charge on any atom is 0.239 e. The van der Waals surface area contributed by atoms with E-state index in [0.29, 0.717) is 11.1 Å². The van der Waals surface area contributed by atoms with Crippen LogP contribution in [0, 0.1) is 0 Å². The molecule has 7 nitrogen and oxygen atoms in total. The Labute approximate surface area is 117 Å². The van der Waals surface area contributed by atoms with Gasteiger partial charge in [0, 0.05) is 10.3 Å². The van der Waals surface area contributed by atoms with Crippen molar-refractivity contribution < 1.29 is 0 Å². The molecule has 4 N–H and O–H groups in total. The molecule has 0 aliphatic heterocycles. The third kappa shape index (κ3) is 2.39. The van der Waals surface area contributed by atoms with Gasteiger partial charge in [-0.3, -0.25) is 10.5 Å². The molecule has 19 heavy (non-hydrogen) atoms. The summed E-state index contributed by atoms with van der Waals surface area (Å²) >= 11 is 3.06. The van der Waals surface area contributed by atoms with Gasteiger partial charge in [-0.2, -0.15) is 5.10 Å². The van der Waals surface area contributed by atoms with Gasteiger partial charge in [-0.15, -0.1) is 11.3 Å². The van der Waals surface area contributed by atoms with E-state index in [-0.39, 0.29) is 0 Å². The highest BCUT2D eigenvalue weighted by atomic mass is 32.2. The molecular weight excluding hydrogens is 282 g/mol. The average Bonchev–Trinajstić information content (AvgIpc) is 3.06. The van der Waals surface area contributed by atoms with Crippen LogP contribution in [-0.4, -0.2) is 25.1 Å². The largest absolute Gasteiger partial charge is 0.292 e. The van der Waals surface area contributed by atoms with Crippen LogP contribution in [0.1, 0.15) is 11.8 Å². The van der Waals surface area contributed by atoms with E-state index >= 15 is 0 Å². The number of aromatic nitrogens is 5. The Morgan fingerprint density at radius 1 is 1.47 bits per heavy atom. The smallest absolute Gasteiger partial charge is 0.239 e. The summed E-state index contributed by atoms with van der Waals surface area (Å²) in [6, 6.07) is 2.11. The first-order valence-corrected chi connectivity index (χ1v) is 7.23. The van der Waals surface area contributed by atoms with Crippen LogP contribution >= 0.6 is 23.1 Å². The summed E-state index contributed by atoms with van der Waals surface area (Å²) in [7, 11) is 0. The Bertz CT molecular complexity index is 691. The maximum absolute atomic E-state index is 5.41. The second kappa shape index (κ2) is 5.11. The second-order valence-electron chi connectivity index (χ2n) is 3.67. The fraction of sp³-hybridized carbons (Fsp3) is 0.200. The van der Waals surface area contributed by atoms with Crippen LogP contribution in [0.25, 0.3) is 10.2 Å². The Morgan fingerprint density at radius 3 is 3.05 bits per heavy atom. The Balaban J connectivity index is 2.11. The number of hydrogen-bond acceptors (Lipinski definition) is 8. The van der Waals surface area contributed by atoms with Gasteiger partial charge >= 0.3 is 0 Å². The number of nitrogens with one attached hydrogen (secondary N) is 2. The Hall–Kier alpha value is -1.71. The third-order valence-electron chi connectivity index (χ3n) is 2.47. The van der Waals surface area contributed by atoms with Crippen molar-refractivity contribution in [2.45, 2.75) is 23.5 Å². The molecule has 0 bridgehead atoms. The number of nitrogens with two attached hydrogens (primary N) is 1. The van der Waals surface area contributed by atoms with E-state index in [1.165, 1.54) is 23.0 Å². The van der Waals surface area contributed by atoms with Crippen molar-refractivity contribution in [3.05, 3.63) is 17.3 Å². The van der Waals surface area contributed by atoms with Gasteiger partial charge in [-0.25, -0.2) is 20.8 Å². The average molecular weight is 293 g/mol. The lowest BCUT2D eigenvalue weighted by atomic mass is 10.3. The molecule has 0 fully saturated rings. The molecule has 98 valence electrons. The summed E-state index contributed by atoms with van der Waals surface area (Å²) in [6.07, 6.45) is 2.44. The maximum atomic E-state index is 5.41. The molecule has 3 rings (SSSR count). The number of hydrazine groups is 1. The first-order chi connectivity index (χ1) is 9.30. The van der Waals surface area contributed by atoms with Crippen molar-refractivity contribution in [2.24, 2.45) is 5.84 Å². The quantitative estimate of drug-likeness (QED) is 0.382. The van der Waals surface area contributed by atoms with E-state index in [9.17, 15) is 0 Å². The summed E-state index contributed by atoms with van der Waals surface area (Å²) in [5, 5.41) is 9.14. The standard InChI is InChI=1S/C10H11N7S2/c1-2-5-3-6-7(18-5)14-9(16-11)15-8(6)19-10-12-4-13-17-10/h3-4H,2,11H2,1H3,(H,12,13,17)(H,14,15,16). The molecule has 0 atom stereocenters. The molecule has 0 saturated carbocycles. The van der Waals surface area contributed by atoms with Crippen molar-refractivity contribution >= 4 is 39.3 Å². The number of aryl methyl sites for hydroxylation is 1. The molecule has 0 amide bonds. The summed E-state index contributed by atoms with van der Waals surface area (Å²) in [4.78, 5) is 15.0. The summed E-state index contributed by atoms with van der Waals surface area (Å²) in [5.74, 6) is 5.81. The number of fused-ring (bicyclic) bond motifs is 1. The van der Waals surface area contributed by atoms with E-state index in [1.54, 1.807) is 11.3 Å². The lowest BCUT2D eigenvalue weighted by Gasteiger charge is -2.02. The molecule has 0 radical (unpaired) electrons. The molecule has 3 aromatic rings. The SMILES string of the molecule is CCc1cc2c(Sc3ncn[nH]3)nc(NN)nc2s1. The highest BCUT2D eigenvalue weighted by Crippen LogP contribution is 2.34. The predicted octanol–water partition coefficient (Wildman–Crippen LogP) is 1.81. The highest BCUT2D eigenvalue weighted by Gasteiger charge is 2.13. The molecule has 0 aliphatic rings. The van der Waals surface area contributed by atoms with E-state index in [1.807, 2.05) is 0 Å². The first-order valence-electron chi connectivity index (χ1n) is 5.60. The normalized spacial score (nSPS) is 11.1. The van der Waals surface area contributed by atoms with E-state index in [2.05, 4.69) is 43.6 Å². The van der Waals surface area contributed by atoms with Gasteiger partial charge in [0.2, 0.25) is 5.95 Å². The van der Waals surface area contributed by atoms with Crippen LogP contribution in [-0.2, 0) is 6.42 Å². The highest BCUT2D eigenvalue weighted by molar-refractivity contribution is 7.99. The van der Waals surface area contributed by atoms with E-state index in [4.69, 9.17) is 5.84 Å². The predicted molar refractivity (Wildman–Crippen MR) is 75.1 cm³/mol. The number of H-pyrrole nitrogens is 1. The molecule has 0 aliphatic carbocycles. The summed E-state index contributed by atoms with van der Waals surface area (Å²) in [5.41, 5.74) is 2.49. The van der Waals surface area contributed by atoms with Gasteiger partial charge in [0.25, 0.3) is 0 Å². The van der Waals surface area contributed by atoms with Crippen molar-refractivity contribution in [1.29, 1.82) is 0 Å². The fourth-order valence-corrected chi connectivity index (χ4v) is 3.41. The van der Waals surface area contributed by atoms with Crippen molar-refractivity contribution in [3.8, 4) is 0 Å². The summed E-state index contributed by atoms with van der Waals surface area (Å²) in [6.45, 7) is 2.11. The zero-order valence-corrected chi connectivity index (χ0v) is 11.7. The topological polar surface area (TPSA) is 105 Å². The van der Waals surface area contributed by atoms with Gasteiger partial charge in [0.15, 0.2) is 5.16 Å². The van der Waals surface area contributed by atoms with Gasteiger partial charge in [0.05, 0.1) is 0 Å². The number of nitrogen functional groups attached to an aromatic ring is 1. The molecule has 9 heteroatoms. The van der Waals surface area contributed by atoms with Gasteiger partial charge in [0.1, 0.15) is 16.2 Å². The molecule has 0 aromatic carbocycles. The van der Waals surface area contributed by atoms with E-state index < -0.39 is 0 Å². The monoisotopic (exact) mass is 293 g/mol. The molecule has 0 saturated heterocycles. The fourth-order valence-electron chi connectivity index (χ4n) is 1.60. The number of anilines is 1. The lowest BCUT2D eigenvalue weighted by molar-refractivity contribution is 0.967. The number of nitrogens with zero attached hydrogens (tertiary/aromatic N) is 4. The van der Waals surface area contributed by atoms with Crippen molar-refractivity contribution in [1.82, 2.24) is 25.1 Å². The second-order valence-corrected chi connectivity index (χ2v) is 5.77. The Kier molecular flexibility index (Phi) is 3.32. The van der Waals surface area contributed by atoms with Crippen molar-refractivity contribution in [2.75, 3.05) is 5.43 Å². The minimum atomic E-state index is 0.402. The van der Waals surface area contributed by atoms with Crippen LogP contribution in [0.15, 0.2) is 22.6 Å². The minimum absolute atomic E-state index is 0.402. The Morgan fingerprint density at radius 2 is 2.37 bits per heavy atom. The first kappa shape index (κ1) is 12.3. The third-order valence-corrected chi connectivity index (χ3v) is 4.54. The van der Waals surface area contributed by atoms with Crippen LogP contribution in [0.3, 0.4) is 0 Å². The van der Waals surface area contributed by atoms with Gasteiger partial charge in [-0.05, 0) is 24.2 Å². The zero-order chi connectivity index (χ0) is 13.2. The van der Waals surface area contributed by atoms with Crippen molar-refractivity contribution in [3.63, 3.8) is 0 Å². The van der Waals surface area contributed by atoms with Crippen LogP contribution < -0.4 is 11.3 Å². The molecule has 3 heterocycles. The number of thiophene rings is 1. The zero-order valence-electron chi connectivity index (χ0n) is 10.0. The van der Waals surface area contributed by atoms with Gasteiger partial charge in [-0.1, -0.05) is 6.92 Å². The minimum Gasteiger partial charge on any atom is -0.292 e. The van der Waals surface area contributed by atoms with Crippen LogP contribution in [0.4, 0.5) is 5.95 Å². The van der Waals surface area contributed by atoms with Crippen LogP contribution in [0.5, 0.6) is 0 Å². The van der Waals surface area contributed by atoms with E-state index in [0.717, 1.165) is 21.7 Å². The lowest BCUT2D eigenvalue weighted by Crippen LogP contribution is -2.10. The summed E-state index contributed by atoms with van der Waals surface area (Å²) < 4.78 is 0. The molecule has 3 aromatic heterocycles. The number of aromatic amines is 1. The van der Waals surface area contributed by atoms with Crippen LogP contribution in [0.2, 0.25) is 0 Å². The molecule has 0 unspecified atom stereocenters.